The number of benzene rings is 1. The Hall–Kier alpha value is -3.96. The van der Waals surface area contributed by atoms with Crippen molar-refractivity contribution in [3.8, 4) is 6.07 Å². The molecule has 2 N–H and O–H groups in total. The molecule has 8 nitrogen and oxygen atoms in total. The molecule has 2 aromatic heterocycles. The van der Waals surface area contributed by atoms with E-state index in [4.69, 9.17) is 10.2 Å². The molecule has 190 valence electrons. The number of aliphatic hydroxyl groups is 1. The van der Waals surface area contributed by atoms with E-state index in [0.29, 0.717) is 24.4 Å². The van der Waals surface area contributed by atoms with E-state index in [1.165, 1.54) is 5.56 Å². The van der Waals surface area contributed by atoms with Gasteiger partial charge in [0.1, 0.15) is 11.6 Å². The number of carbonyl (C=O) groups excluding carboxylic acids is 1. The first kappa shape index (κ1) is 24.7. The maximum absolute atomic E-state index is 13.5. The number of hydrogen-bond donors (Lipinski definition) is 2. The number of imidazole rings is 1. The summed E-state index contributed by atoms with van der Waals surface area (Å²) in [6, 6.07) is 11.9. The van der Waals surface area contributed by atoms with Gasteiger partial charge in [-0.15, -0.1) is 0 Å². The van der Waals surface area contributed by atoms with Crippen LogP contribution in [0.4, 0.5) is 5.82 Å². The summed E-state index contributed by atoms with van der Waals surface area (Å²) in [6.07, 6.45) is 8.31. The number of nitrogens with zero attached hydrogens (tertiary/aromatic N) is 5. The van der Waals surface area contributed by atoms with Gasteiger partial charge in [-0.25, -0.2) is 9.97 Å². The minimum Gasteiger partial charge on any atom is -0.395 e. The molecule has 1 atom stereocenters. The number of aliphatic hydroxyl groups excluding tert-OH is 1. The van der Waals surface area contributed by atoms with E-state index in [-0.39, 0.29) is 18.4 Å². The van der Waals surface area contributed by atoms with Crippen LogP contribution in [0.5, 0.6) is 0 Å². The van der Waals surface area contributed by atoms with Gasteiger partial charge in [0, 0.05) is 32.7 Å². The molecule has 1 fully saturated rings. The second-order valence-electron chi connectivity index (χ2n) is 9.95. The minimum absolute atomic E-state index is 0.0585. The van der Waals surface area contributed by atoms with Gasteiger partial charge in [0.25, 0.3) is 0 Å². The minimum atomic E-state index is -0.206. The van der Waals surface area contributed by atoms with E-state index in [1.54, 1.807) is 6.20 Å². The number of carbonyl (C=O) groups is 1. The Morgan fingerprint density at radius 1 is 1.27 bits per heavy atom. The molecule has 8 heteroatoms. The molecule has 2 aliphatic rings. The molecule has 1 saturated heterocycles. The number of likely N-dealkylation sites (N-methyl/N-ethyl adjacent to an activating group) is 1. The lowest BCUT2D eigenvalue weighted by molar-refractivity contribution is -0.135. The van der Waals surface area contributed by atoms with Crippen molar-refractivity contribution >= 4 is 28.3 Å². The molecule has 0 spiro atoms. The second kappa shape index (κ2) is 10.6. The third-order valence-corrected chi connectivity index (χ3v) is 7.58. The third-order valence-electron chi connectivity index (χ3n) is 7.58. The highest BCUT2D eigenvalue weighted by atomic mass is 16.3. The van der Waals surface area contributed by atoms with Crippen molar-refractivity contribution in [1.29, 1.82) is 5.26 Å². The van der Waals surface area contributed by atoms with Gasteiger partial charge in [0.2, 0.25) is 5.91 Å². The van der Waals surface area contributed by atoms with Crippen molar-refractivity contribution in [2.45, 2.75) is 32.1 Å². The molecular weight excluding hydrogens is 464 g/mol. The summed E-state index contributed by atoms with van der Waals surface area (Å²) in [5.41, 5.74) is 5.73. The second-order valence-corrected chi connectivity index (χ2v) is 9.95. The maximum atomic E-state index is 13.5. The molecule has 1 unspecified atom stereocenters. The number of fused-ring (bicyclic) bond motifs is 1. The summed E-state index contributed by atoms with van der Waals surface area (Å²) in [5, 5.41) is 18.2. The number of aromatic nitrogens is 3. The van der Waals surface area contributed by atoms with E-state index in [1.807, 2.05) is 59.3 Å². The van der Waals surface area contributed by atoms with E-state index in [9.17, 15) is 9.90 Å². The van der Waals surface area contributed by atoms with Crippen LogP contribution >= 0.6 is 0 Å². The summed E-state index contributed by atoms with van der Waals surface area (Å²) in [5.74, 6) is 1.92. The number of anilines is 1. The number of aromatic amines is 1. The predicted octanol–water partition coefficient (Wildman–Crippen LogP) is 4.01. The molecule has 3 heterocycles. The molecular formula is C29H32N6O2. The van der Waals surface area contributed by atoms with Gasteiger partial charge in [-0.05, 0) is 60.9 Å². The zero-order valence-electron chi connectivity index (χ0n) is 21.3. The van der Waals surface area contributed by atoms with Crippen LogP contribution in [-0.2, 0) is 4.79 Å². The fraction of sp³-hybridized carbons (Fsp3) is 0.379. The van der Waals surface area contributed by atoms with E-state index < -0.39 is 0 Å². The Morgan fingerprint density at radius 3 is 2.73 bits per heavy atom. The van der Waals surface area contributed by atoms with E-state index in [2.05, 4.69) is 23.0 Å². The molecule has 3 aromatic rings. The number of nitriles is 1. The van der Waals surface area contributed by atoms with E-state index >= 15 is 0 Å². The zero-order chi connectivity index (χ0) is 25.9. The van der Waals surface area contributed by atoms with Gasteiger partial charge >= 0.3 is 0 Å². The monoisotopic (exact) mass is 496 g/mol. The van der Waals surface area contributed by atoms with Crippen molar-refractivity contribution in [3.05, 3.63) is 71.2 Å². The number of hydrogen-bond acceptors (Lipinski definition) is 6. The molecule has 1 aliphatic heterocycles. The van der Waals surface area contributed by atoms with Crippen molar-refractivity contribution in [2.24, 2.45) is 5.92 Å². The average molecular weight is 497 g/mol. The van der Waals surface area contributed by atoms with Crippen LogP contribution in [0.1, 0.15) is 49.1 Å². The predicted molar refractivity (Wildman–Crippen MR) is 144 cm³/mol. The topological polar surface area (TPSA) is 109 Å². The number of pyridine rings is 1. The van der Waals surface area contributed by atoms with Crippen molar-refractivity contribution in [2.75, 3.05) is 38.2 Å². The van der Waals surface area contributed by atoms with Crippen LogP contribution in [0.25, 0.3) is 16.6 Å². The Kier molecular flexibility index (Phi) is 7.06. The van der Waals surface area contributed by atoms with Crippen molar-refractivity contribution in [3.63, 3.8) is 0 Å². The Morgan fingerprint density at radius 2 is 2.03 bits per heavy atom. The lowest BCUT2D eigenvalue weighted by Gasteiger charge is -2.34. The Balaban J connectivity index is 1.26. The quantitative estimate of drug-likeness (QED) is 0.534. The molecule has 1 aliphatic carbocycles. The first-order valence-electron chi connectivity index (χ1n) is 12.8. The van der Waals surface area contributed by atoms with Crippen molar-refractivity contribution < 1.29 is 9.90 Å². The number of piperidine rings is 1. The number of allylic oxidation sites excluding steroid dienone is 3. The average Bonchev–Trinajstić information content (AvgIpc) is 3.36. The Labute approximate surface area is 216 Å². The third kappa shape index (κ3) is 5.13. The van der Waals surface area contributed by atoms with Gasteiger partial charge in [0.15, 0.2) is 0 Å². The fourth-order valence-electron chi connectivity index (χ4n) is 5.28. The molecule has 1 amide bonds. The molecule has 0 bridgehead atoms. The van der Waals surface area contributed by atoms with Gasteiger partial charge in [-0.1, -0.05) is 24.3 Å². The number of rotatable bonds is 6. The van der Waals surface area contributed by atoms with Crippen LogP contribution in [0, 0.1) is 17.2 Å². The lowest BCUT2D eigenvalue weighted by atomic mass is 9.86. The lowest BCUT2D eigenvalue weighted by Crippen LogP contribution is -2.41. The normalized spacial score (nSPS) is 18.3. The number of likely N-dealkylation sites (tertiary alicyclic amines) is 1. The number of H-pyrrole nitrogens is 1. The summed E-state index contributed by atoms with van der Waals surface area (Å²) in [4.78, 5) is 30.1. The number of amides is 1. The molecule has 37 heavy (non-hydrogen) atoms. The van der Waals surface area contributed by atoms with Gasteiger partial charge < -0.3 is 19.9 Å². The summed E-state index contributed by atoms with van der Waals surface area (Å²) in [7, 11) is 1.89. The standard InChI is InChI=1S/C29H32N6O2/c1-19-3-6-23(29(37)35-11-9-22(10-12-35)21-7-4-20(17-30)5-8-21)15-24(19)28-32-25-16-27(34(2)13-14-36)31-18-26(25)33-28/h3-8,16,18,22-23,36H,9-15H2,1-2H3,(H,32,33). The van der Waals surface area contributed by atoms with Crippen LogP contribution in [0.15, 0.2) is 54.3 Å². The summed E-state index contributed by atoms with van der Waals surface area (Å²) in [6.45, 7) is 4.10. The van der Waals surface area contributed by atoms with Crippen LogP contribution in [-0.4, -0.2) is 64.2 Å². The molecule has 0 radical (unpaired) electrons. The van der Waals surface area contributed by atoms with Crippen LogP contribution in [0.3, 0.4) is 0 Å². The van der Waals surface area contributed by atoms with Gasteiger partial charge in [0.05, 0.1) is 41.4 Å². The smallest absolute Gasteiger partial charge is 0.229 e. The van der Waals surface area contributed by atoms with Crippen LogP contribution < -0.4 is 4.90 Å². The maximum Gasteiger partial charge on any atom is 0.229 e. The SMILES string of the molecule is CC1=C(c2nc3cc(N(C)CCO)ncc3[nH]2)CC(C(=O)N2CCC(c3ccc(C#N)cc3)CC2)C=C1. The fourth-order valence-corrected chi connectivity index (χ4v) is 5.28. The van der Waals surface area contributed by atoms with Gasteiger partial charge in [-0.2, -0.15) is 5.26 Å². The Bertz CT molecular complexity index is 1390. The molecule has 5 rings (SSSR count). The van der Waals surface area contributed by atoms with Crippen LogP contribution in [0.2, 0.25) is 0 Å². The summed E-state index contributed by atoms with van der Waals surface area (Å²) >= 11 is 0. The molecule has 1 aromatic carbocycles. The molecule has 0 saturated carbocycles. The zero-order valence-corrected chi connectivity index (χ0v) is 21.3. The number of nitrogens with one attached hydrogen (secondary N) is 1. The van der Waals surface area contributed by atoms with E-state index in [0.717, 1.165) is 59.8 Å². The first-order valence-corrected chi connectivity index (χ1v) is 12.8. The highest BCUT2D eigenvalue weighted by molar-refractivity contribution is 5.86. The summed E-state index contributed by atoms with van der Waals surface area (Å²) < 4.78 is 0. The largest absolute Gasteiger partial charge is 0.395 e. The highest BCUT2D eigenvalue weighted by Gasteiger charge is 2.30. The van der Waals surface area contributed by atoms with Crippen molar-refractivity contribution in [1.82, 2.24) is 19.9 Å². The van der Waals surface area contributed by atoms with Gasteiger partial charge in [-0.3, -0.25) is 4.79 Å². The highest BCUT2D eigenvalue weighted by Crippen LogP contribution is 2.34. The first-order chi connectivity index (χ1) is 18.0.